The number of hydrogen-bond acceptors (Lipinski definition) is 3. The fraction of sp³-hybridized carbons (Fsp3) is 0.435. The standard InChI is InChI=1S/C23H28FN3O2.HI/c1-15-7-8-16(22(11-15)29-17-9-10-28-14-17)13-26-23(25-2)27-21-12-19(21)18-5-3-4-6-20(18)24;/h3-8,11,17,19,21H,9-10,12-14H2,1-2H3,(H2,25,26,27);1H. The fourth-order valence-electron chi connectivity index (χ4n) is 3.73. The van der Waals surface area contributed by atoms with Gasteiger partial charge in [0.2, 0.25) is 0 Å². The largest absolute Gasteiger partial charge is 0.488 e. The molecule has 1 aliphatic carbocycles. The van der Waals surface area contributed by atoms with Gasteiger partial charge in [0.25, 0.3) is 0 Å². The van der Waals surface area contributed by atoms with Gasteiger partial charge in [0.05, 0.1) is 13.2 Å². The van der Waals surface area contributed by atoms with Crippen LogP contribution in [0.15, 0.2) is 47.5 Å². The van der Waals surface area contributed by atoms with Crippen molar-refractivity contribution in [3.05, 3.63) is 65.0 Å². The second-order valence-electron chi connectivity index (χ2n) is 7.75. The molecule has 1 saturated carbocycles. The lowest BCUT2D eigenvalue weighted by Gasteiger charge is -2.18. The third-order valence-electron chi connectivity index (χ3n) is 5.49. The van der Waals surface area contributed by atoms with Gasteiger partial charge in [-0.15, -0.1) is 24.0 Å². The summed E-state index contributed by atoms with van der Waals surface area (Å²) >= 11 is 0. The van der Waals surface area contributed by atoms with Gasteiger partial charge < -0.3 is 20.1 Å². The van der Waals surface area contributed by atoms with Gasteiger partial charge in [-0.2, -0.15) is 0 Å². The maximum atomic E-state index is 14.0. The van der Waals surface area contributed by atoms with Crippen molar-refractivity contribution in [3.63, 3.8) is 0 Å². The van der Waals surface area contributed by atoms with Crippen LogP contribution in [0.1, 0.15) is 35.4 Å². The summed E-state index contributed by atoms with van der Waals surface area (Å²) in [4.78, 5) is 4.32. The lowest BCUT2D eigenvalue weighted by atomic mass is 10.1. The van der Waals surface area contributed by atoms with Crippen LogP contribution in [-0.4, -0.2) is 38.4 Å². The predicted molar refractivity (Wildman–Crippen MR) is 127 cm³/mol. The van der Waals surface area contributed by atoms with Gasteiger partial charge in [0.1, 0.15) is 17.7 Å². The second-order valence-corrected chi connectivity index (χ2v) is 7.75. The zero-order chi connectivity index (χ0) is 20.2. The smallest absolute Gasteiger partial charge is 0.191 e. The fourth-order valence-corrected chi connectivity index (χ4v) is 3.73. The van der Waals surface area contributed by atoms with E-state index in [-0.39, 0.29) is 47.9 Å². The van der Waals surface area contributed by atoms with Gasteiger partial charge in [-0.1, -0.05) is 30.3 Å². The van der Waals surface area contributed by atoms with E-state index in [9.17, 15) is 4.39 Å². The Bertz CT molecular complexity index is 887. The second kappa shape index (κ2) is 10.4. The van der Waals surface area contributed by atoms with E-state index in [1.165, 1.54) is 6.07 Å². The van der Waals surface area contributed by atoms with Crippen LogP contribution in [0, 0.1) is 12.7 Å². The SMILES string of the molecule is CN=C(NCc1ccc(C)cc1OC1CCOC1)NC1CC1c1ccccc1F.I. The van der Waals surface area contributed by atoms with Crippen molar-refractivity contribution in [1.82, 2.24) is 10.6 Å². The number of guanidine groups is 1. The van der Waals surface area contributed by atoms with Gasteiger partial charge >= 0.3 is 0 Å². The number of rotatable bonds is 6. The first-order chi connectivity index (χ1) is 14.1. The van der Waals surface area contributed by atoms with Crippen molar-refractivity contribution in [2.45, 2.75) is 44.4 Å². The van der Waals surface area contributed by atoms with Crippen LogP contribution in [-0.2, 0) is 11.3 Å². The summed E-state index contributed by atoms with van der Waals surface area (Å²) in [6, 6.07) is 13.4. The first-order valence-corrected chi connectivity index (χ1v) is 10.2. The summed E-state index contributed by atoms with van der Waals surface area (Å²) in [5.41, 5.74) is 3.01. The normalized spacial score (nSPS) is 22.9. The Morgan fingerprint density at radius 3 is 2.83 bits per heavy atom. The van der Waals surface area contributed by atoms with Crippen LogP contribution in [0.2, 0.25) is 0 Å². The van der Waals surface area contributed by atoms with Crippen molar-refractivity contribution in [1.29, 1.82) is 0 Å². The Labute approximate surface area is 194 Å². The van der Waals surface area contributed by atoms with Crippen molar-refractivity contribution in [2.24, 2.45) is 4.99 Å². The van der Waals surface area contributed by atoms with Gasteiger partial charge in [-0.25, -0.2) is 4.39 Å². The number of nitrogens with zero attached hydrogens (tertiary/aromatic N) is 1. The molecule has 2 N–H and O–H groups in total. The lowest BCUT2D eigenvalue weighted by Crippen LogP contribution is -2.38. The molecule has 0 amide bonds. The first-order valence-electron chi connectivity index (χ1n) is 10.2. The highest BCUT2D eigenvalue weighted by atomic mass is 127. The Hall–Kier alpha value is -1.87. The highest BCUT2D eigenvalue weighted by Crippen LogP contribution is 2.41. The molecule has 0 aromatic heterocycles. The molecule has 0 bridgehead atoms. The maximum absolute atomic E-state index is 14.0. The number of aryl methyl sites for hydroxylation is 1. The molecule has 2 aromatic carbocycles. The van der Waals surface area contributed by atoms with Gasteiger partial charge in [-0.05, 0) is 36.6 Å². The Balaban J connectivity index is 0.00000256. The summed E-state index contributed by atoms with van der Waals surface area (Å²) in [6.07, 6.45) is 1.94. The Morgan fingerprint density at radius 1 is 1.27 bits per heavy atom. The number of aliphatic imine (C=N–C) groups is 1. The molecule has 5 nitrogen and oxygen atoms in total. The minimum atomic E-state index is -0.137. The Morgan fingerprint density at radius 2 is 2.10 bits per heavy atom. The van der Waals surface area contributed by atoms with E-state index in [2.05, 4.69) is 40.7 Å². The molecule has 2 fully saturated rings. The van der Waals surface area contributed by atoms with Gasteiger partial charge in [-0.3, -0.25) is 4.99 Å². The average molecular weight is 525 g/mol. The van der Waals surface area contributed by atoms with Crippen molar-refractivity contribution < 1.29 is 13.9 Å². The summed E-state index contributed by atoms with van der Waals surface area (Å²) < 4.78 is 25.6. The molecule has 30 heavy (non-hydrogen) atoms. The predicted octanol–water partition coefficient (Wildman–Crippen LogP) is 4.14. The number of benzene rings is 2. The third-order valence-corrected chi connectivity index (χ3v) is 5.49. The Kier molecular flexibility index (Phi) is 7.93. The average Bonchev–Trinajstić information content (AvgIpc) is 3.28. The number of hydrogen-bond donors (Lipinski definition) is 2. The summed E-state index contributed by atoms with van der Waals surface area (Å²) in [6.45, 7) is 4.06. The highest BCUT2D eigenvalue weighted by molar-refractivity contribution is 14.0. The summed E-state index contributed by atoms with van der Waals surface area (Å²) in [7, 11) is 1.75. The third kappa shape index (κ3) is 5.63. The van der Waals surface area contributed by atoms with E-state index < -0.39 is 0 Å². The minimum absolute atomic E-state index is 0. The minimum Gasteiger partial charge on any atom is -0.488 e. The van der Waals surface area contributed by atoms with Crippen LogP contribution in [0.5, 0.6) is 5.75 Å². The molecule has 0 radical (unpaired) electrons. The van der Waals surface area contributed by atoms with Crippen LogP contribution in [0.3, 0.4) is 0 Å². The molecule has 7 heteroatoms. The maximum Gasteiger partial charge on any atom is 0.191 e. The van der Waals surface area contributed by atoms with E-state index >= 15 is 0 Å². The van der Waals surface area contributed by atoms with E-state index in [4.69, 9.17) is 9.47 Å². The molecule has 162 valence electrons. The number of nitrogens with one attached hydrogen (secondary N) is 2. The van der Waals surface area contributed by atoms with Crippen molar-refractivity contribution in [2.75, 3.05) is 20.3 Å². The van der Waals surface area contributed by atoms with Crippen LogP contribution in [0.4, 0.5) is 4.39 Å². The molecule has 3 atom stereocenters. The van der Waals surface area contributed by atoms with Gasteiger partial charge in [0, 0.05) is 37.5 Å². The molecule has 1 saturated heterocycles. The number of halogens is 2. The number of ether oxygens (including phenoxy) is 2. The molecule has 1 heterocycles. The van der Waals surface area contributed by atoms with E-state index in [1.54, 1.807) is 13.1 Å². The van der Waals surface area contributed by atoms with Crippen LogP contribution >= 0.6 is 24.0 Å². The molecule has 4 rings (SSSR count). The van der Waals surface area contributed by atoms with Crippen molar-refractivity contribution >= 4 is 29.9 Å². The monoisotopic (exact) mass is 525 g/mol. The highest BCUT2D eigenvalue weighted by Gasteiger charge is 2.40. The summed E-state index contributed by atoms with van der Waals surface area (Å²) in [5, 5.41) is 6.76. The van der Waals surface area contributed by atoms with Crippen LogP contribution < -0.4 is 15.4 Å². The molecule has 0 spiro atoms. The molecular formula is C23H29FIN3O2. The molecule has 3 unspecified atom stereocenters. The quantitative estimate of drug-likeness (QED) is 0.338. The molecule has 2 aromatic rings. The van der Waals surface area contributed by atoms with E-state index in [0.29, 0.717) is 19.1 Å². The van der Waals surface area contributed by atoms with Crippen LogP contribution in [0.25, 0.3) is 0 Å². The zero-order valence-corrected chi connectivity index (χ0v) is 19.7. The summed E-state index contributed by atoms with van der Waals surface area (Å²) in [5.74, 6) is 1.65. The van der Waals surface area contributed by atoms with Gasteiger partial charge in [0.15, 0.2) is 5.96 Å². The topological polar surface area (TPSA) is 54.9 Å². The molecule has 2 aliphatic rings. The zero-order valence-electron chi connectivity index (χ0n) is 17.4. The van der Waals surface area contributed by atoms with E-state index in [0.717, 1.165) is 41.9 Å². The first kappa shape index (κ1) is 22.8. The van der Waals surface area contributed by atoms with Crippen molar-refractivity contribution in [3.8, 4) is 5.75 Å². The molecular weight excluding hydrogens is 496 g/mol. The molecule has 1 aliphatic heterocycles. The van der Waals surface area contributed by atoms with E-state index in [1.807, 2.05) is 12.1 Å². The lowest BCUT2D eigenvalue weighted by molar-refractivity contribution is 0.140.